The van der Waals surface area contributed by atoms with Crippen LogP contribution in [-0.4, -0.2) is 70.0 Å². The zero-order valence-corrected chi connectivity index (χ0v) is 19.6. The molecule has 1 heterocycles. The smallest absolute Gasteiger partial charge is 0.202 e. The molecule has 10 nitrogen and oxygen atoms in total. The van der Waals surface area contributed by atoms with Crippen molar-refractivity contribution < 1.29 is 49.0 Å². The minimum absolute atomic E-state index is 0.0231. The van der Waals surface area contributed by atoms with Gasteiger partial charge in [-0.25, -0.2) is 0 Å². The number of phenolic OH excluding ortho intramolecular Hbond substituents is 2. The number of methoxy groups -OCH3 is 1. The third-order valence-electron chi connectivity index (χ3n) is 7.15. The molecule has 190 valence electrons. The molecule has 0 amide bonds. The van der Waals surface area contributed by atoms with Gasteiger partial charge in [0.2, 0.25) is 5.78 Å². The molecule has 5 rings (SSSR count). The predicted octanol–water partition coefficient (Wildman–Crippen LogP) is 1.70. The van der Waals surface area contributed by atoms with Gasteiger partial charge >= 0.3 is 0 Å². The summed E-state index contributed by atoms with van der Waals surface area (Å²) in [5.74, 6) is -3.46. The second-order valence-corrected chi connectivity index (χ2v) is 9.34. The van der Waals surface area contributed by atoms with Crippen LogP contribution in [0.2, 0.25) is 0 Å². The number of benzene rings is 2. The second kappa shape index (κ2) is 8.97. The molecule has 4 N–H and O–H groups in total. The number of phenols is 2. The Morgan fingerprint density at radius 3 is 2.56 bits per heavy atom. The van der Waals surface area contributed by atoms with Gasteiger partial charge in [0.1, 0.15) is 29.5 Å². The summed E-state index contributed by atoms with van der Waals surface area (Å²) in [6, 6.07) is 4.40. The van der Waals surface area contributed by atoms with Gasteiger partial charge in [-0.1, -0.05) is 12.1 Å². The van der Waals surface area contributed by atoms with E-state index >= 15 is 0 Å². The summed E-state index contributed by atoms with van der Waals surface area (Å²) in [5.41, 5.74) is -3.52. The van der Waals surface area contributed by atoms with Crippen molar-refractivity contribution in [2.75, 3.05) is 20.3 Å². The van der Waals surface area contributed by atoms with Crippen LogP contribution in [0, 0.1) is 0 Å². The summed E-state index contributed by atoms with van der Waals surface area (Å²) in [5, 5.41) is 44.2. The van der Waals surface area contributed by atoms with E-state index in [0.29, 0.717) is 13.0 Å². The molecule has 1 saturated heterocycles. The van der Waals surface area contributed by atoms with Crippen LogP contribution < -0.4 is 4.74 Å². The lowest BCUT2D eigenvalue weighted by Gasteiger charge is -2.37. The summed E-state index contributed by atoms with van der Waals surface area (Å²) in [6.45, 7) is 0.0285. The zero-order chi connectivity index (χ0) is 25.8. The van der Waals surface area contributed by atoms with Crippen LogP contribution in [0.4, 0.5) is 0 Å². The van der Waals surface area contributed by atoms with Gasteiger partial charge in [-0.15, -0.1) is 0 Å². The van der Waals surface area contributed by atoms with Crippen LogP contribution in [0.1, 0.15) is 74.8 Å². The van der Waals surface area contributed by atoms with Crippen LogP contribution in [0.25, 0.3) is 0 Å². The summed E-state index contributed by atoms with van der Waals surface area (Å²) in [7, 11) is 1.33. The van der Waals surface area contributed by atoms with Gasteiger partial charge < -0.3 is 34.6 Å². The predicted molar refractivity (Wildman–Crippen MR) is 122 cm³/mol. The molecular weight excluding hydrogens is 472 g/mol. The lowest BCUT2D eigenvalue weighted by molar-refractivity contribution is -0.179. The third-order valence-corrected chi connectivity index (χ3v) is 7.15. The molecule has 0 spiro atoms. The number of aromatic hydroxyl groups is 2. The van der Waals surface area contributed by atoms with Crippen molar-refractivity contribution in [1.29, 1.82) is 0 Å². The number of aliphatic hydroxyl groups is 2. The molecule has 2 aromatic rings. The van der Waals surface area contributed by atoms with Gasteiger partial charge in [-0.3, -0.25) is 14.4 Å². The van der Waals surface area contributed by atoms with Crippen molar-refractivity contribution in [2.24, 2.45) is 0 Å². The lowest BCUT2D eigenvalue weighted by atomic mass is 9.72. The number of rotatable bonds is 5. The average Bonchev–Trinajstić information content (AvgIpc) is 2.87. The van der Waals surface area contributed by atoms with E-state index in [1.165, 1.54) is 25.3 Å². The number of carbonyl (C=O) groups is 3. The molecule has 1 aliphatic heterocycles. The maximum absolute atomic E-state index is 13.4. The highest BCUT2D eigenvalue weighted by Gasteiger charge is 2.48. The topological polar surface area (TPSA) is 160 Å². The van der Waals surface area contributed by atoms with E-state index in [4.69, 9.17) is 14.2 Å². The fourth-order valence-corrected chi connectivity index (χ4v) is 5.30. The fourth-order valence-electron chi connectivity index (χ4n) is 5.30. The second-order valence-electron chi connectivity index (χ2n) is 9.34. The highest BCUT2D eigenvalue weighted by Crippen LogP contribution is 2.51. The largest absolute Gasteiger partial charge is 0.507 e. The third kappa shape index (κ3) is 3.68. The SMILES string of the molecule is COc1cccc2c1C(=O)c1c(O)c3c(c(O)c1C2=O)C[C@@](O)(C(=O)CO[C@@H]1CCCCO1)C[C@@H]3O. The van der Waals surface area contributed by atoms with E-state index in [-0.39, 0.29) is 28.0 Å². The Labute approximate surface area is 206 Å². The molecule has 3 aliphatic rings. The van der Waals surface area contributed by atoms with Gasteiger partial charge in [0, 0.05) is 36.1 Å². The number of ketones is 3. The maximum atomic E-state index is 13.4. The number of ether oxygens (including phenoxy) is 3. The van der Waals surface area contributed by atoms with Gasteiger partial charge in [0.05, 0.1) is 29.9 Å². The molecule has 0 saturated carbocycles. The number of fused-ring (bicyclic) bond motifs is 3. The average molecular weight is 498 g/mol. The van der Waals surface area contributed by atoms with E-state index in [1.807, 2.05) is 0 Å². The minimum Gasteiger partial charge on any atom is -0.507 e. The summed E-state index contributed by atoms with van der Waals surface area (Å²) in [4.78, 5) is 39.6. The molecule has 2 aliphatic carbocycles. The van der Waals surface area contributed by atoms with Crippen molar-refractivity contribution in [3.05, 3.63) is 51.6 Å². The Hall–Kier alpha value is -3.31. The Balaban J connectivity index is 1.53. The maximum Gasteiger partial charge on any atom is 0.202 e. The molecule has 2 aromatic carbocycles. The molecule has 0 aromatic heterocycles. The van der Waals surface area contributed by atoms with Crippen molar-refractivity contribution in [1.82, 2.24) is 0 Å². The molecule has 1 fully saturated rings. The van der Waals surface area contributed by atoms with Gasteiger partial charge in [-0.2, -0.15) is 0 Å². The van der Waals surface area contributed by atoms with Crippen LogP contribution in [0.15, 0.2) is 18.2 Å². The molecular formula is C26H26O10. The van der Waals surface area contributed by atoms with Crippen molar-refractivity contribution in [3.63, 3.8) is 0 Å². The lowest BCUT2D eigenvalue weighted by Crippen LogP contribution is -2.48. The number of hydrogen-bond acceptors (Lipinski definition) is 10. The van der Waals surface area contributed by atoms with Gasteiger partial charge in [0.15, 0.2) is 17.9 Å². The van der Waals surface area contributed by atoms with Crippen molar-refractivity contribution >= 4 is 17.3 Å². The van der Waals surface area contributed by atoms with Gasteiger partial charge in [-0.05, 0) is 25.3 Å². The Morgan fingerprint density at radius 2 is 1.86 bits per heavy atom. The first-order chi connectivity index (χ1) is 17.2. The molecule has 0 radical (unpaired) electrons. The summed E-state index contributed by atoms with van der Waals surface area (Å²) in [6.07, 6.45) is -0.778. The number of carbonyl (C=O) groups excluding carboxylic acids is 3. The van der Waals surface area contributed by atoms with E-state index in [0.717, 1.165) is 12.8 Å². The summed E-state index contributed by atoms with van der Waals surface area (Å²) < 4.78 is 16.1. The molecule has 10 heteroatoms. The molecule has 0 unspecified atom stereocenters. The summed E-state index contributed by atoms with van der Waals surface area (Å²) >= 11 is 0. The van der Waals surface area contributed by atoms with Gasteiger partial charge in [0.25, 0.3) is 0 Å². The fraction of sp³-hybridized carbons (Fsp3) is 0.423. The first-order valence-electron chi connectivity index (χ1n) is 11.7. The van der Waals surface area contributed by atoms with Crippen molar-refractivity contribution in [3.8, 4) is 17.2 Å². The zero-order valence-electron chi connectivity index (χ0n) is 19.6. The van der Waals surface area contributed by atoms with E-state index in [1.54, 1.807) is 0 Å². The van der Waals surface area contributed by atoms with E-state index in [2.05, 4.69) is 0 Å². The van der Waals surface area contributed by atoms with Crippen molar-refractivity contribution in [2.45, 2.75) is 50.1 Å². The van der Waals surface area contributed by atoms with Crippen LogP contribution >= 0.6 is 0 Å². The number of Topliss-reactive ketones (excluding diaryl/α,β-unsaturated/α-hetero) is 1. The monoisotopic (exact) mass is 498 g/mol. The number of hydrogen-bond donors (Lipinski definition) is 4. The standard InChI is InChI=1S/C26H26O10/c1-34-15-6-4-5-12-19(15)25(32)21-20(22(12)29)23(30)13-9-26(33,10-14(27)18(13)24(21)31)16(28)11-36-17-7-2-3-8-35-17/h4-6,14,17,27,30-31,33H,2-3,7-11H2,1H3/t14-,17+,26-/m0/s1. The first kappa shape index (κ1) is 24.4. The number of aliphatic hydroxyl groups excluding tert-OH is 1. The van der Waals surface area contributed by atoms with Crippen LogP contribution in [-0.2, 0) is 20.7 Å². The quantitative estimate of drug-likeness (QED) is 0.381. The molecule has 0 bridgehead atoms. The minimum atomic E-state index is -2.14. The highest BCUT2D eigenvalue weighted by molar-refractivity contribution is 6.31. The molecule has 3 atom stereocenters. The van der Waals surface area contributed by atoms with Crippen LogP contribution in [0.5, 0.6) is 17.2 Å². The van der Waals surface area contributed by atoms with E-state index < -0.39 is 77.4 Å². The molecule has 36 heavy (non-hydrogen) atoms. The normalized spacial score (nSPS) is 25.1. The Morgan fingerprint density at radius 1 is 1.11 bits per heavy atom. The highest BCUT2D eigenvalue weighted by atomic mass is 16.7. The Bertz CT molecular complexity index is 1280. The van der Waals surface area contributed by atoms with E-state index in [9.17, 15) is 34.8 Å². The van der Waals surface area contributed by atoms with Crippen LogP contribution in [0.3, 0.4) is 0 Å². The Kier molecular flexibility index (Phi) is 6.08. The first-order valence-corrected chi connectivity index (χ1v) is 11.7.